The van der Waals surface area contributed by atoms with Crippen LogP contribution in [0.1, 0.15) is 50.5 Å². The van der Waals surface area contributed by atoms with Gasteiger partial charge in [-0.2, -0.15) is 0 Å². The van der Waals surface area contributed by atoms with Gasteiger partial charge in [0.15, 0.2) is 0 Å². The van der Waals surface area contributed by atoms with E-state index in [-0.39, 0.29) is 5.60 Å². The molecule has 0 radical (unpaired) electrons. The summed E-state index contributed by atoms with van der Waals surface area (Å²) in [6, 6.07) is 8.58. The van der Waals surface area contributed by atoms with Crippen LogP contribution in [0.4, 0.5) is 0 Å². The fourth-order valence-electron chi connectivity index (χ4n) is 4.08. The molecule has 1 aliphatic heterocycles. The zero-order valence-electron chi connectivity index (χ0n) is 12.7. The summed E-state index contributed by atoms with van der Waals surface area (Å²) >= 11 is 3.55. The lowest BCUT2D eigenvalue weighted by molar-refractivity contribution is -0.0438. The van der Waals surface area contributed by atoms with E-state index in [1.807, 2.05) is 0 Å². The third-order valence-corrected chi connectivity index (χ3v) is 5.69. The lowest BCUT2D eigenvalue weighted by Crippen LogP contribution is -2.27. The number of rotatable bonds is 5. The zero-order valence-corrected chi connectivity index (χ0v) is 14.3. The van der Waals surface area contributed by atoms with Crippen LogP contribution < -0.4 is 5.73 Å². The van der Waals surface area contributed by atoms with Crippen LogP contribution >= 0.6 is 15.9 Å². The molecule has 2 fully saturated rings. The highest BCUT2D eigenvalue weighted by atomic mass is 79.9. The van der Waals surface area contributed by atoms with E-state index in [1.54, 1.807) is 0 Å². The number of hydrogen-bond acceptors (Lipinski definition) is 2. The van der Waals surface area contributed by atoms with E-state index in [0.29, 0.717) is 12.0 Å². The number of benzene rings is 1. The lowest BCUT2D eigenvalue weighted by atomic mass is 9.92. The summed E-state index contributed by atoms with van der Waals surface area (Å²) in [6.07, 6.45) is 10.4. The van der Waals surface area contributed by atoms with Crippen molar-refractivity contribution in [1.29, 1.82) is 0 Å². The second-order valence-corrected chi connectivity index (χ2v) is 7.76. The number of nitrogens with two attached hydrogens (primary N) is 1. The second kappa shape index (κ2) is 6.80. The summed E-state index contributed by atoms with van der Waals surface area (Å²) in [5, 5.41) is 0. The van der Waals surface area contributed by atoms with Crippen molar-refractivity contribution >= 4 is 15.9 Å². The van der Waals surface area contributed by atoms with Gasteiger partial charge in [0.25, 0.3) is 0 Å². The zero-order chi connectivity index (χ0) is 14.7. The predicted molar refractivity (Wildman–Crippen MR) is 90.3 cm³/mol. The van der Waals surface area contributed by atoms with Gasteiger partial charge in [-0.25, -0.2) is 0 Å². The third-order valence-electron chi connectivity index (χ3n) is 5.20. The lowest BCUT2D eigenvalue weighted by Gasteiger charge is -2.25. The van der Waals surface area contributed by atoms with Crippen molar-refractivity contribution in [1.82, 2.24) is 0 Å². The molecule has 1 aromatic carbocycles. The van der Waals surface area contributed by atoms with Crippen LogP contribution in [0.2, 0.25) is 0 Å². The largest absolute Gasteiger partial charge is 0.372 e. The van der Waals surface area contributed by atoms with E-state index in [4.69, 9.17) is 10.5 Å². The van der Waals surface area contributed by atoms with Gasteiger partial charge in [0.05, 0.1) is 11.7 Å². The van der Waals surface area contributed by atoms with Gasteiger partial charge in [0.2, 0.25) is 0 Å². The molecule has 0 aromatic heterocycles. The molecule has 0 bridgehead atoms. The van der Waals surface area contributed by atoms with Gasteiger partial charge in [0.1, 0.15) is 0 Å². The third kappa shape index (κ3) is 3.88. The highest BCUT2D eigenvalue weighted by Crippen LogP contribution is 2.44. The van der Waals surface area contributed by atoms with Crippen LogP contribution in [0, 0.1) is 5.92 Å². The van der Waals surface area contributed by atoms with E-state index >= 15 is 0 Å². The number of hydrogen-bond donors (Lipinski definition) is 1. The van der Waals surface area contributed by atoms with E-state index in [0.717, 1.165) is 23.9 Å². The molecule has 21 heavy (non-hydrogen) atoms. The molecule has 2 aliphatic rings. The molecule has 1 saturated heterocycles. The molecule has 1 aromatic rings. The van der Waals surface area contributed by atoms with Gasteiger partial charge in [-0.3, -0.25) is 0 Å². The van der Waals surface area contributed by atoms with Crippen LogP contribution in [0.25, 0.3) is 0 Å². The first-order valence-electron chi connectivity index (χ1n) is 8.31. The Bertz CT molecular complexity index is 470. The van der Waals surface area contributed by atoms with Crippen molar-refractivity contribution in [2.75, 3.05) is 6.54 Å². The molecule has 2 nitrogen and oxygen atoms in total. The van der Waals surface area contributed by atoms with Crippen LogP contribution in [0.3, 0.4) is 0 Å². The standard InChI is InChI=1S/C18H26BrNO/c19-16-5-3-4-14(11-16)10-15(13-20)12-17-6-9-18(21-17)7-1-2-8-18/h3-5,11,15,17H,1-2,6-10,12-13,20H2. The SMILES string of the molecule is NCC(Cc1cccc(Br)c1)CC1CCC2(CCCC2)O1. The van der Waals surface area contributed by atoms with E-state index in [2.05, 4.69) is 40.2 Å². The van der Waals surface area contributed by atoms with E-state index in [9.17, 15) is 0 Å². The normalized spacial score (nSPS) is 25.5. The molecule has 2 N–H and O–H groups in total. The van der Waals surface area contributed by atoms with Crippen molar-refractivity contribution in [2.45, 2.75) is 63.1 Å². The molecule has 1 spiro atoms. The Morgan fingerprint density at radius 1 is 1.29 bits per heavy atom. The molecule has 2 atom stereocenters. The van der Waals surface area contributed by atoms with Crippen molar-refractivity contribution in [3.63, 3.8) is 0 Å². The minimum absolute atomic E-state index is 0.250. The highest BCUT2D eigenvalue weighted by Gasteiger charge is 2.42. The smallest absolute Gasteiger partial charge is 0.0687 e. The maximum absolute atomic E-state index is 6.44. The Hall–Kier alpha value is -0.380. The molecular formula is C18H26BrNO. The molecule has 0 amide bonds. The van der Waals surface area contributed by atoms with Crippen LogP contribution in [-0.4, -0.2) is 18.2 Å². The molecule has 3 rings (SSSR count). The van der Waals surface area contributed by atoms with Crippen molar-refractivity contribution < 1.29 is 4.74 Å². The second-order valence-electron chi connectivity index (χ2n) is 6.84. The molecule has 1 aliphatic carbocycles. The van der Waals surface area contributed by atoms with Crippen LogP contribution in [0.5, 0.6) is 0 Å². The Kier molecular flexibility index (Phi) is 5.03. The summed E-state index contributed by atoms with van der Waals surface area (Å²) in [6.45, 7) is 0.749. The summed E-state index contributed by atoms with van der Waals surface area (Å²) in [5.41, 5.74) is 7.63. The van der Waals surface area contributed by atoms with Crippen LogP contribution in [0.15, 0.2) is 28.7 Å². The fourth-order valence-corrected chi connectivity index (χ4v) is 4.53. The average molecular weight is 352 g/mol. The fraction of sp³-hybridized carbons (Fsp3) is 0.667. The molecule has 1 heterocycles. The van der Waals surface area contributed by atoms with Gasteiger partial charge >= 0.3 is 0 Å². The average Bonchev–Trinajstić information content (AvgIpc) is 3.09. The van der Waals surface area contributed by atoms with Crippen LogP contribution in [-0.2, 0) is 11.2 Å². The summed E-state index contributed by atoms with van der Waals surface area (Å²) in [4.78, 5) is 0. The minimum atomic E-state index is 0.250. The molecule has 116 valence electrons. The van der Waals surface area contributed by atoms with Gasteiger partial charge in [-0.05, 0) is 68.7 Å². The van der Waals surface area contributed by atoms with Gasteiger partial charge in [0, 0.05) is 4.47 Å². The Labute approximate surface area is 136 Å². The summed E-state index contributed by atoms with van der Waals surface area (Å²) in [7, 11) is 0. The maximum Gasteiger partial charge on any atom is 0.0687 e. The topological polar surface area (TPSA) is 35.2 Å². The van der Waals surface area contributed by atoms with Gasteiger partial charge in [-0.1, -0.05) is 40.9 Å². The summed E-state index contributed by atoms with van der Waals surface area (Å²) in [5.74, 6) is 0.529. The van der Waals surface area contributed by atoms with Crippen molar-refractivity contribution in [3.05, 3.63) is 34.3 Å². The van der Waals surface area contributed by atoms with E-state index in [1.165, 1.54) is 44.1 Å². The Morgan fingerprint density at radius 3 is 2.81 bits per heavy atom. The molecule has 2 unspecified atom stereocenters. The first kappa shape index (κ1) is 15.5. The number of halogens is 1. The van der Waals surface area contributed by atoms with Crippen molar-refractivity contribution in [2.24, 2.45) is 11.7 Å². The minimum Gasteiger partial charge on any atom is -0.372 e. The molecular weight excluding hydrogens is 326 g/mol. The monoisotopic (exact) mass is 351 g/mol. The van der Waals surface area contributed by atoms with Gasteiger partial charge in [-0.15, -0.1) is 0 Å². The number of ether oxygens (including phenoxy) is 1. The first-order valence-corrected chi connectivity index (χ1v) is 9.11. The molecule has 1 saturated carbocycles. The Morgan fingerprint density at radius 2 is 2.10 bits per heavy atom. The highest BCUT2D eigenvalue weighted by molar-refractivity contribution is 9.10. The van der Waals surface area contributed by atoms with Gasteiger partial charge < -0.3 is 10.5 Å². The van der Waals surface area contributed by atoms with Crippen molar-refractivity contribution in [3.8, 4) is 0 Å². The molecule has 3 heteroatoms. The predicted octanol–water partition coefficient (Wildman–Crippen LogP) is 4.45. The summed E-state index contributed by atoms with van der Waals surface area (Å²) < 4.78 is 7.59. The maximum atomic E-state index is 6.44. The first-order chi connectivity index (χ1) is 10.2. The quantitative estimate of drug-likeness (QED) is 0.850. The van der Waals surface area contributed by atoms with E-state index < -0.39 is 0 Å². The Balaban J connectivity index is 1.55.